The number of nitrogens with zero attached hydrogens (tertiary/aromatic N) is 4. The van der Waals surface area contributed by atoms with Crippen LogP contribution in [0, 0.1) is 5.82 Å². The molecule has 0 radical (unpaired) electrons. The Morgan fingerprint density at radius 3 is 2.54 bits per heavy atom. The maximum Gasteiger partial charge on any atom is 0.284 e. The van der Waals surface area contributed by atoms with Crippen LogP contribution in [-0.2, 0) is 5.54 Å². The zero-order valence-electron chi connectivity index (χ0n) is 13.3. The van der Waals surface area contributed by atoms with E-state index in [1.165, 1.54) is 11.0 Å². The average molecular weight is 424 g/mol. The van der Waals surface area contributed by atoms with Gasteiger partial charge in [-0.25, -0.2) is 18.2 Å². The smallest absolute Gasteiger partial charge is 0.284 e. The summed E-state index contributed by atoms with van der Waals surface area (Å²) in [6, 6.07) is 7.83. The Morgan fingerprint density at radius 2 is 1.85 bits per heavy atom. The molecular formula is C17H13BrF3N5. The third kappa shape index (κ3) is 2.49. The molecule has 1 aromatic heterocycles. The molecule has 1 unspecified atom stereocenters. The van der Waals surface area contributed by atoms with Crippen LogP contribution in [0.3, 0.4) is 0 Å². The fourth-order valence-electron chi connectivity index (χ4n) is 3.28. The largest absolute Gasteiger partial charge is 0.369 e. The molecule has 5 nitrogen and oxygen atoms in total. The first kappa shape index (κ1) is 17.0. The van der Waals surface area contributed by atoms with Crippen LogP contribution in [0.4, 0.5) is 13.2 Å². The fraction of sp³-hybridized carbons (Fsp3) is 0.235. The van der Waals surface area contributed by atoms with Crippen LogP contribution in [0.25, 0.3) is 0 Å². The number of rotatable bonds is 2. The molecule has 0 saturated carbocycles. The Bertz CT molecular complexity index is 931. The number of hydrogen-bond donors (Lipinski definition) is 1. The molecule has 2 aliphatic heterocycles. The van der Waals surface area contributed by atoms with E-state index in [9.17, 15) is 13.2 Å². The first-order valence-corrected chi connectivity index (χ1v) is 8.54. The van der Waals surface area contributed by atoms with Crippen molar-refractivity contribution >= 4 is 27.7 Å². The molecule has 9 heteroatoms. The molecule has 1 atom stereocenters. The van der Waals surface area contributed by atoms with Crippen molar-refractivity contribution in [1.29, 1.82) is 0 Å². The van der Waals surface area contributed by atoms with Crippen LogP contribution in [0.1, 0.15) is 11.1 Å². The second kappa shape index (κ2) is 5.80. The number of hydrogen-bond acceptors (Lipinski definition) is 5. The molecule has 0 fully saturated rings. The van der Waals surface area contributed by atoms with Crippen LogP contribution < -0.4 is 5.73 Å². The van der Waals surface area contributed by atoms with Gasteiger partial charge in [-0.1, -0.05) is 6.07 Å². The van der Waals surface area contributed by atoms with Crippen LogP contribution in [-0.4, -0.2) is 40.7 Å². The van der Waals surface area contributed by atoms with Crippen molar-refractivity contribution in [3.63, 3.8) is 0 Å². The lowest BCUT2D eigenvalue weighted by atomic mass is 9.82. The number of amidine groups is 1. The van der Waals surface area contributed by atoms with E-state index in [0.29, 0.717) is 17.0 Å². The van der Waals surface area contributed by atoms with Crippen molar-refractivity contribution in [1.82, 2.24) is 9.88 Å². The highest BCUT2D eigenvalue weighted by atomic mass is 79.9. The van der Waals surface area contributed by atoms with E-state index in [4.69, 9.17) is 5.73 Å². The number of alkyl halides is 2. The van der Waals surface area contributed by atoms with E-state index in [-0.39, 0.29) is 10.4 Å². The van der Waals surface area contributed by atoms with Gasteiger partial charge in [0.15, 0.2) is 11.5 Å². The van der Waals surface area contributed by atoms with Gasteiger partial charge in [-0.2, -0.15) is 0 Å². The summed E-state index contributed by atoms with van der Waals surface area (Å²) in [5.41, 5.74) is 5.97. The molecule has 2 aliphatic rings. The van der Waals surface area contributed by atoms with E-state index < -0.39 is 30.4 Å². The Kier molecular flexibility index (Phi) is 3.80. The van der Waals surface area contributed by atoms with Crippen molar-refractivity contribution in [3.8, 4) is 0 Å². The van der Waals surface area contributed by atoms with E-state index in [2.05, 4.69) is 30.9 Å². The van der Waals surface area contributed by atoms with Gasteiger partial charge in [-0.15, -0.1) is 0 Å². The van der Waals surface area contributed by atoms with Gasteiger partial charge >= 0.3 is 0 Å². The molecular weight excluding hydrogens is 411 g/mol. The first-order valence-electron chi connectivity index (χ1n) is 7.75. The maximum absolute atomic E-state index is 13.9. The fourth-order valence-corrected chi connectivity index (χ4v) is 3.66. The van der Waals surface area contributed by atoms with E-state index in [1.807, 2.05) is 0 Å². The van der Waals surface area contributed by atoms with Crippen molar-refractivity contribution in [2.75, 3.05) is 13.1 Å². The Hall–Kier alpha value is -2.42. The molecule has 4 rings (SSSR count). The zero-order valence-corrected chi connectivity index (χ0v) is 14.9. The van der Waals surface area contributed by atoms with Crippen LogP contribution >= 0.6 is 15.9 Å². The molecule has 26 heavy (non-hydrogen) atoms. The monoisotopic (exact) mass is 423 g/mol. The second-order valence-corrected chi connectivity index (χ2v) is 6.98. The summed E-state index contributed by atoms with van der Waals surface area (Å²) < 4.78 is 41.7. The third-order valence-electron chi connectivity index (χ3n) is 4.42. The van der Waals surface area contributed by atoms with Crippen LogP contribution in [0.5, 0.6) is 0 Å². The van der Waals surface area contributed by atoms with Crippen LogP contribution in [0.2, 0.25) is 0 Å². The van der Waals surface area contributed by atoms with Gasteiger partial charge in [0.2, 0.25) is 0 Å². The number of guanidine groups is 1. The average Bonchev–Trinajstić information content (AvgIpc) is 2.90. The van der Waals surface area contributed by atoms with Gasteiger partial charge < -0.3 is 5.73 Å². The van der Waals surface area contributed by atoms with E-state index in [1.54, 1.807) is 36.7 Å². The highest BCUT2D eigenvalue weighted by Crippen LogP contribution is 2.43. The van der Waals surface area contributed by atoms with Gasteiger partial charge in [-0.05, 0) is 51.3 Å². The highest BCUT2D eigenvalue weighted by Gasteiger charge is 2.53. The number of pyridine rings is 1. The summed E-state index contributed by atoms with van der Waals surface area (Å²) in [5, 5.41) is 0. The molecule has 0 aliphatic carbocycles. The highest BCUT2D eigenvalue weighted by molar-refractivity contribution is 9.10. The lowest BCUT2D eigenvalue weighted by molar-refractivity contribution is -0.00437. The van der Waals surface area contributed by atoms with Gasteiger partial charge in [0.05, 0.1) is 11.0 Å². The topological polar surface area (TPSA) is 66.9 Å². The van der Waals surface area contributed by atoms with Crippen LogP contribution in [0.15, 0.2) is 57.2 Å². The number of halogens is 4. The number of nitrogens with two attached hydrogens (primary N) is 1. The van der Waals surface area contributed by atoms with Gasteiger partial charge in [-0.3, -0.25) is 14.9 Å². The summed E-state index contributed by atoms with van der Waals surface area (Å²) in [4.78, 5) is 13.9. The molecule has 0 bridgehead atoms. The minimum Gasteiger partial charge on any atom is -0.369 e. The Balaban J connectivity index is 1.99. The lowest BCUT2D eigenvalue weighted by Gasteiger charge is -2.35. The summed E-state index contributed by atoms with van der Waals surface area (Å²) in [6.45, 7) is -1.26. The second-order valence-electron chi connectivity index (χ2n) is 6.13. The standard InChI is InChI=1S/C17H13BrF3N5/c18-12-7-11(1-2-13(12)19)17(10-3-5-23-6-4-10)14-24-8-16(20,21)9-26(14)15(22)25-17/h1-7H,8-9H2,(H2,22,25). The van der Waals surface area contributed by atoms with Crippen molar-refractivity contribution in [2.45, 2.75) is 11.5 Å². The number of benzene rings is 1. The quantitative estimate of drug-likeness (QED) is 0.807. The number of fused-ring (bicyclic) bond motifs is 1. The van der Waals surface area contributed by atoms with E-state index >= 15 is 0 Å². The third-order valence-corrected chi connectivity index (χ3v) is 5.03. The summed E-state index contributed by atoms with van der Waals surface area (Å²) in [7, 11) is 0. The minimum atomic E-state index is -3.00. The van der Waals surface area contributed by atoms with Gasteiger partial charge in [0.25, 0.3) is 5.92 Å². The molecule has 1 aromatic carbocycles. The first-order chi connectivity index (χ1) is 12.3. The van der Waals surface area contributed by atoms with E-state index in [0.717, 1.165) is 0 Å². The normalized spacial score (nSPS) is 24.1. The number of aromatic nitrogens is 1. The molecule has 0 amide bonds. The minimum absolute atomic E-state index is 0.0552. The predicted molar refractivity (Wildman–Crippen MR) is 94.7 cm³/mol. The summed E-state index contributed by atoms with van der Waals surface area (Å²) in [5.74, 6) is -3.20. The Labute approximate surface area is 155 Å². The van der Waals surface area contributed by atoms with Crippen molar-refractivity contribution in [3.05, 3.63) is 64.1 Å². The molecule has 0 saturated heterocycles. The van der Waals surface area contributed by atoms with Gasteiger partial charge in [0, 0.05) is 12.4 Å². The summed E-state index contributed by atoms with van der Waals surface area (Å²) in [6.07, 6.45) is 3.14. The Morgan fingerprint density at radius 1 is 1.12 bits per heavy atom. The molecule has 2 aromatic rings. The maximum atomic E-state index is 13.9. The lowest BCUT2D eigenvalue weighted by Crippen LogP contribution is -2.53. The van der Waals surface area contributed by atoms with Crippen molar-refractivity contribution < 1.29 is 13.2 Å². The molecule has 0 spiro atoms. The van der Waals surface area contributed by atoms with Crippen molar-refractivity contribution in [2.24, 2.45) is 15.7 Å². The van der Waals surface area contributed by atoms with Gasteiger partial charge in [0.1, 0.15) is 18.2 Å². The summed E-state index contributed by atoms with van der Waals surface area (Å²) >= 11 is 3.17. The SMILES string of the molecule is NC1=NC(c2ccncc2)(c2ccc(F)c(Br)c2)C2=NCC(F)(F)CN12. The molecule has 134 valence electrons. The number of aliphatic imine (C=N–C) groups is 2. The molecule has 2 N–H and O–H groups in total. The predicted octanol–water partition coefficient (Wildman–Crippen LogP) is 2.90. The molecule has 3 heterocycles. The zero-order chi connectivity index (χ0) is 18.5.